The molecule has 1 rings (SSSR count). The van der Waals surface area contributed by atoms with E-state index in [1.54, 1.807) is 0 Å². The van der Waals surface area contributed by atoms with Crippen LogP contribution in [-0.2, 0) is 23.9 Å². The van der Waals surface area contributed by atoms with Crippen LogP contribution in [0.15, 0.2) is 0 Å². The molecule has 0 bridgehead atoms. The van der Waals surface area contributed by atoms with Crippen molar-refractivity contribution in [2.75, 3.05) is 27.3 Å². The molecule has 0 aliphatic carbocycles. The van der Waals surface area contributed by atoms with Crippen molar-refractivity contribution in [3.63, 3.8) is 0 Å². The summed E-state index contributed by atoms with van der Waals surface area (Å²) in [5.41, 5.74) is 0. The van der Waals surface area contributed by atoms with Crippen LogP contribution in [-0.4, -0.2) is 51.2 Å². The zero-order valence-electron chi connectivity index (χ0n) is 13.9. The Morgan fingerprint density at radius 2 is 1.91 bits per heavy atom. The molecule has 0 saturated carbocycles. The number of hydrogen-bond donors (Lipinski definition) is 2. The minimum absolute atomic E-state index is 0. The summed E-state index contributed by atoms with van der Waals surface area (Å²) in [5, 5.41) is 5.89. The van der Waals surface area contributed by atoms with Crippen molar-refractivity contribution < 1.29 is 23.9 Å². The first-order chi connectivity index (χ1) is 10.5. The van der Waals surface area contributed by atoms with Crippen LogP contribution in [0.25, 0.3) is 0 Å². The van der Waals surface area contributed by atoms with E-state index in [-0.39, 0.29) is 30.7 Å². The van der Waals surface area contributed by atoms with Crippen molar-refractivity contribution in [3.05, 3.63) is 0 Å². The Hall–Kier alpha value is -1.34. The molecule has 23 heavy (non-hydrogen) atoms. The van der Waals surface area contributed by atoms with E-state index in [1.807, 2.05) is 6.92 Å². The van der Waals surface area contributed by atoms with Gasteiger partial charge < -0.3 is 20.1 Å². The Bertz CT molecular complexity index is 399. The molecule has 1 fully saturated rings. The van der Waals surface area contributed by atoms with E-state index in [0.717, 1.165) is 25.9 Å². The van der Waals surface area contributed by atoms with Crippen LogP contribution >= 0.6 is 12.4 Å². The molecular formula is C15H27ClN2O5. The summed E-state index contributed by atoms with van der Waals surface area (Å²) in [6, 6.07) is -0.998. The molecule has 1 amide bonds. The maximum atomic E-state index is 12.1. The highest BCUT2D eigenvalue weighted by atomic mass is 35.5. The molecule has 1 heterocycles. The first-order valence-electron chi connectivity index (χ1n) is 7.62. The van der Waals surface area contributed by atoms with Crippen LogP contribution in [0.4, 0.5) is 0 Å². The number of nitrogens with one attached hydrogen (secondary N) is 2. The molecule has 3 unspecified atom stereocenters. The first-order valence-corrected chi connectivity index (χ1v) is 7.62. The predicted octanol–water partition coefficient (Wildman–Crippen LogP) is 0.655. The smallest absolute Gasteiger partial charge is 0.328 e. The number of carbonyl (C=O) groups is 3. The Morgan fingerprint density at radius 3 is 2.43 bits per heavy atom. The highest BCUT2D eigenvalue weighted by Crippen LogP contribution is 2.22. The molecule has 8 heteroatoms. The third-order valence-corrected chi connectivity index (χ3v) is 4.07. The minimum atomic E-state index is -0.998. The molecule has 0 radical (unpaired) electrons. The Balaban J connectivity index is 0.00000484. The van der Waals surface area contributed by atoms with Gasteiger partial charge in [-0.05, 0) is 37.8 Å². The number of hydrogen-bond acceptors (Lipinski definition) is 6. The fourth-order valence-electron chi connectivity index (χ4n) is 2.66. The number of piperidine rings is 1. The van der Waals surface area contributed by atoms with Gasteiger partial charge in [-0.3, -0.25) is 9.59 Å². The molecule has 1 aliphatic rings. The summed E-state index contributed by atoms with van der Waals surface area (Å²) in [5.74, 6) is -0.802. The lowest BCUT2D eigenvalue weighted by molar-refractivity contribution is -0.150. The molecule has 0 aromatic rings. The molecule has 3 atom stereocenters. The van der Waals surface area contributed by atoms with Crippen LogP contribution in [0.1, 0.15) is 32.6 Å². The maximum absolute atomic E-state index is 12.1. The van der Waals surface area contributed by atoms with Crippen molar-refractivity contribution in [1.29, 1.82) is 0 Å². The Morgan fingerprint density at radius 1 is 1.22 bits per heavy atom. The second-order valence-electron chi connectivity index (χ2n) is 5.71. The number of amides is 1. The summed E-state index contributed by atoms with van der Waals surface area (Å²) in [7, 11) is 2.45. The SMILES string of the molecule is COC(=O)CC(NC(=O)CC(C)C1CCCNC1)C(=O)OC.Cl. The fourth-order valence-corrected chi connectivity index (χ4v) is 2.66. The third kappa shape index (κ3) is 7.65. The van der Waals surface area contributed by atoms with Gasteiger partial charge in [-0.15, -0.1) is 12.4 Å². The Kier molecular flexibility index (Phi) is 10.6. The highest BCUT2D eigenvalue weighted by Gasteiger charge is 2.27. The molecule has 2 N–H and O–H groups in total. The van der Waals surface area contributed by atoms with Gasteiger partial charge >= 0.3 is 11.9 Å². The van der Waals surface area contributed by atoms with Gasteiger partial charge in [-0.1, -0.05) is 6.92 Å². The number of methoxy groups -OCH3 is 2. The number of rotatable bonds is 7. The second-order valence-corrected chi connectivity index (χ2v) is 5.71. The summed E-state index contributed by atoms with van der Waals surface area (Å²) in [6.07, 6.45) is 2.31. The molecule has 7 nitrogen and oxygen atoms in total. The fraction of sp³-hybridized carbons (Fsp3) is 0.800. The average molecular weight is 351 g/mol. The van der Waals surface area contributed by atoms with E-state index < -0.39 is 18.0 Å². The average Bonchev–Trinajstić information content (AvgIpc) is 2.53. The lowest BCUT2D eigenvalue weighted by Gasteiger charge is -2.28. The lowest BCUT2D eigenvalue weighted by atomic mass is 9.85. The van der Waals surface area contributed by atoms with Crippen LogP contribution in [0.3, 0.4) is 0 Å². The number of halogens is 1. The van der Waals surface area contributed by atoms with Gasteiger partial charge in [-0.25, -0.2) is 4.79 Å². The van der Waals surface area contributed by atoms with Crippen molar-refractivity contribution >= 4 is 30.3 Å². The molecule has 0 aromatic carbocycles. The van der Waals surface area contributed by atoms with Crippen molar-refractivity contribution in [1.82, 2.24) is 10.6 Å². The van der Waals surface area contributed by atoms with Gasteiger partial charge in [-0.2, -0.15) is 0 Å². The maximum Gasteiger partial charge on any atom is 0.328 e. The van der Waals surface area contributed by atoms with E-state index >= 15 is 0 Å². The highest BCUT2D eigenvalue weighted by molar-refractivity contribution is 5.88. The molecular weight excluding hydrogens is 324 g/mol. The van der Waals surface area contributed by atoms with Crippen molar-refractivity contribution in [2.24, 2.45) is 11.8 Å². The molecule has 134 valence electrons. The van der Waals surface area contributed by atoms with E-state index in [2.05, 4.69) is 20.1 Å². The largest absolute Gasteiger partial charge is 0.469 e. The predicted molar refractivity (Wildman–Crippen MR) is 87.2 cm³/mol. The molecule has 0 aromatic heterocycles. The second kappa shape index (κ2) is 11.2. The van der Waals surface area contributed by atoms with Crippen molar-refractivity contribution in [2.45, 2.75) is 38.6 Å². The van der Waals surface area contributed by atoms with Crippen LogP contribution < -0.4 is 10.6 Å². The third-order valence-electron chi connectivity index (χ3n) is 4.07. The normalized spacial score (nSPS) is 19.7. The number of esters is 2. The topological polar surface area (TPSA) is 93.7 Å². The van der Waals surface area contributed by atoms with Gasteiger partial charge in [0.05, 0.1) is 20.6 Å². The van der Waals surface area contributed by atoms with Gasteiger partial charge in [0.1, 0.15) is 6.04 Å². The number of carbonyl (C=O) groups excluding carboxylic acids is 3. The standard InChI is InChI=1S/C15H26N2O5.ClH/c1-10(11-5-4-6-16-9-11)7-13(18)17-12(15(20)22-3)8-14(19)21-2;/h10-12,16H,4-9H2,1-3H3,(H,17,18);1H. The summed E-state index contributed by atoms with van der Waals surface area (Å²) in [4.78, 5) is 35.0. The van der Waals surface area contributed by atoms with Crippen LogP contribution in [0, 0.1) is 11.8 Å². The Labute approximate surface area is 143 Å². The number of ether oxygens (including phenoxy) is 2. The van der Waals surface area contributed by atoms with E-state index in [4.69, 9.17) is 0 Å². The summed E-state index contributed by atoms with van der Waals surface area (Å²) >= 11 is 0. The van der Waals surface area contributed by atoms with Crippen LogP contribution in [0.5, 0.6) is 0 Å². The van der Waals surface area contributed by atoms with E-state index in [1.165, 1.54) is 14.2 Å². The lowest BCUT2D eigenvalue weighted by Crippen LogP contribution is -2.44. The molecule has 0 spiro atoms. The zero-order chi connectivity index (χ0) is 16.5. The molecule has 1 saturated heterocycles. The minimum Gasteiger partial charge on any atom is -0.469 e. The van der Waals surface area contributed by atoms with Gasteiger partial charge in [0.2, 0.25) is 5.91 Å². The monoisotopic (exact) mass is 350 g/mol. The quantitative estimate of drug-likeness (QED) is 0.655. The summed E-state index contributed by atoms with van der Waals surface area (Å²) in [6.45, 7) is 3.97. The van der Waals surface area contributed by atoms with Gasteiger partial charge in [0, 0.05) is 6.42 Å². The molecule has 1 aliphatic heterocycles. The van der Waals surface area contributed by atoms with E-state index in [9.17, 15) is 14.4 Å². The van der Waals surface area contributed by atoms with Gasteiger partial charge in [0.25, 0.3) is 0 Å². The van der Waals surface area contributed by atoms with Gasteiger partial charge in [0.15, 0.2) is 0 Å². The summed E-state index contributed by atoms with van der Waals surface area (Å²) < 4.78 is 9.14. The van der Waals surface area contributed by atoms with Crippen LogP contribution in [0.2, 0.25) is 0 Å². The van der Waals surface area contributed by atoms with E-state index in [0.29, 0.717) is 12.3 Å². The zero-order valence-corrected chi connectivity index (χ0v) is 14.7. The first kappa shape index (κ1) is 21.7. The van der Waals surface area contributed by atoms with Crippen molar-refractivity contribution in [3.8, 4) is 0 Å².